The fourth-order valence-electron chi connectivity index (χ4n) is 4.20. The number of nitrogens with one attached hydrogen (secondary N) is 3. The molecule has 0 aromatic heterocycles. The zero-order valence-electron chi connectivity index (χ0n) is 25.0. The number of carbonyl (C=O) groups is 3. The average molecular weight is 651 g/mol. The van der Waals surface area contributed by atoms with E-state index in [-0.39, 0.29) is 18.2 Å². The van der Waals surface area contributed by atoms with E-state index in [1.807, 2.05) is 36.4 Å². The van der Waals surface area contributed by atoms with Crippen LogP contribution in [0.4, 0.5) is 34.6 Å². The van der Waals surface area contributed by atoms with Gasteiger partial charge in [0.2, 0.25) is 5.91 Å². The molecule has 1 atom stereocenters. The summed E-state index contributed by atoms with van der Waals surface area (Å²) in [4.78, 5) is 41.7. The van der Waals surface area contributed by atoms with Gasteiger partial charge >= 0.3 is 0 Å². The Hall–Kier alpha value is -5.10. The maximum atomic E-state index is 14.1. The van der Waals surface area contributed by atoms with Gasteiger partial charge < -0.3 is 20.9 Å². The molecule has 0 aliphatic heterocycles. The van der Waals surface area contributed by atoms with E-state index < -0.39 is 51.9 Å². The molecule has 238 valence electrons. The molecule has 3 amide bonds. The molecule has 4 aromatic rings. The molecular formula is C34H30F4N4O3S. The van der Waals surface area contributed by atoms with Gasteiger partial charge in [0.05, 0.1) is 5.25 Å². The Kier molecular flexibility index (Phi) is 11.2. The van der Waals surface area contributed by atoms with Crippen LogP contribution in [0.15, 0.2) is 95.5 Å². The first kappa shape index (κ1) is 33.8. The summed E-state index contributed by atoms with van der Waals surface area (Å²) in [5, 5.41) is 6.46. The number of benzene rings is 4. The summed E-state index contributed by atoms with van der Waals surface area (Å²) in [6, 6.07) is 22.3. The molecule has 0 aliphatic rings. The molecule has 0 aliphatic carbocycles. The summed E-state index contributed by atoms with van der Waals surface area (Å²) in [5.41, 5.74) is 1.06. The fraction of sp³-hybridized carbons (Fsp3) is 0.147. The van der Waals surface area contributed by atoms with Crippen molar-refractivity contribution in [2.24, 2.45) is 0 Å². The summed E-state index contributed by atoms with van der Waals surface area (Å²) in [6.07, 6.45) is 1.73. The second-order valence-corrected chi connectivity index (χ2v) is 11.5. The van der Waals surface area contributed by atoms with Crippen molar-refractivity contribution in [3.8, 4) is 0 Å². The number of halogens is 4. The molecule has 0 saturated carbocycles. The minimum atomic E-state index is -1.71. The summed E-state index contributed by atoms with van der Waals surface area (Å²) in [7, 11) is 3.80. The fourth-order valence-corrected chi connectivity index (χ4v) is 5.21. The Bertz CT molecular complexity index is 1740. The Morgan fingerprint density at radius 2 is 1.48 bits per heavy atom. The predicted octanol–water partition coefficient (Wildman–Crippen LogP) is 7.23. The van der Waals surface area contributed by atoms with E-state index in [1.54, 1.807) is 79.7 Å². The first-order chi connectivity index (χ1) is 22.0. The van der Waals surface area contributed by atoms with Crippen molar-refractivity contribution < 1.29 is 31.9 Å². The third kappa shape index (κ3) is 8.54. The lowest BCUT2D eigenvalue weighted by Crippen LogP contribution is -2.30. The molecule has 1 unspecified atom stereocenters. The van der Waals surface area contributed by atoms with Gasteiger partial charge in [-0.2, -0.15) is 0 Å². The lowest BCUT2D eigenvalue weighted by molar-refractivity contribution is -0.116. The van der Waals surface area contributed by atoms with E-state index in [0.717, 1.165) is 17.4 Å². The van der Waals surface area contributed by atoms with Crippen LogP contribution in [0.2, 0.25) is 0 Å². The van der Waals surface area contributed by atoms with Crippen LogP contribution in [0, 0.1) is 23.3 Å². The van der Waals surface area contributed by atoms with Gasteiger partial charge in [-0.1, -0.05) is 43.3 Å². The van der Waals surface area contributed by atoms with Crippen LogP contribution >= 0.6 is 11.8 Å². The smallest absolute Gasteiger partial charge is 0.272 e. The van der Waals surface area contributed by atoms with Crippen LogP contribution in [-0.2, 0) is 9.59 Å². The lowest BCUT2D eigenvalue weighted by Gasteiger charge is -2.17. The number of carbonyl (C=O) groups excluding carboxylic acids is 3. The van der Waals surface area contributed by atoms with Crippen LogP contribution in [0.3, 0.4) is 0 Å². The van der Waals surface area contributed by atoms with Crippen LogP contribution in [0.5, 0.6) is 0 Å². The molecule has 0 heterocycles. The summed E-state index contributed by atoms with van der Waals surface area (Å²) in [5.74, 6) is -8.69. The molecule has 46 heavy (non-hydrogen) atoms. The van der Waals surface area contributed by atoms with E-state index in [2.05, 4.69) is 10.6 Å². The van der Waals surface area contributed by atoms with Gasteiger partial charge in [0, 0.05) is 42.0 Å². The van der Waals surface area contributed by atoms with Crippen molar-refractivity contribution >= 4 is 52.6 Å². The minimum Gasteiger partial charge on any atom is -0.378 e. The SMILES string of the molecule is CCC(Sc1cccc(NC(=O)/C(=C\c2ccc(N(C)C)cc2)NC(=O)c2ccccc2)c1)C(=O)Nc1c(F)c(F)cc(F)c1F. The molecule has 0 saturated heterocycles. The molecule has 0 bridgehead atoms. The molecule has 4 aromatic carbocycles. The number of nitrogens with zero attached hydrogens (tertiary/aromatic N) is 1. The third-order valence-corrected chi connectivity index (χ3v) is 8.00. The van der Waals surface area contributed by atoms with Gasteiger partial charge in [-0.25, -0.2) is 17.6 Å². The largest absolute Gasteiger partial charge is 0.378 e. The van der Waals surface area contributed by atoms with Crippen molar-refractivity contribution in [2.45, 2.75) is 23.5 Å². The molecular weight excluding hydrogens is 620 g/mol. The van der Waals surface area contributed by atoms with Gasteiger partial charge in [0.1, 0.15) is 11.4 Å². The zero-order chi connectivity index (χ0) is 33.4. The molecule has 0 radical (unpaired) electrons. The highest BCUT2D eigenvalue weighted by atomic mass is 32.2. The highest BCUT2D eigenvalue weighted by molar-refractivity contribution is 8.00. The number of hydrogen-bond acceptors (Lipinski definition) is 5. The zero-order valence-corrected chi connectivity index (χ0v) is 25.9. The van der Waals surface area contributed by atoms with Crippen molar-refractivity contribution in [1.82, 2.24) is 5.32 Å². The summed E-state index contributed by atoms with van der Waals surface area (Å²) >= 11 is 1.02. The van der Waals surface area contributed by atoms with Gasteiger partial charge in [-0.15, -0.1) is 11.8 Å². The van der Waals surface area contributed by atoms with E-state index in [1.165, 1.54) is 0 Å². The van der Waals surface area contributed by atoms with Gasteiger partial charge in [0.25, 0.3) is 11.8 Å². The number of hydrogen-bond donors (Lipinski definition) is 3. The van der Waals surface area contributed by atoms with Crippen molar-refractivity contribution in [3.05, 3.63) is 125 Å². The maximum Gasteiger partial charge on any atom is 0.272 e. The molecule has 0 fully saturated rings. The van der Waals surface area contributed by atoms with Crippen molar-refractivity contribution in [3.63, 3.8) is 0 Å². The number of rotatable bonds is 11. The number of thioether (sulfide) groups is 1. The summed E-state index contributed by atoms with van der Waals surface area (Å²) in [6.45, 7) is 1.65. The quantitative estimate of drug-likeness (QED) is 0.0690. The monoisotopic (exact) mass is 650 g/mol. The molecule has 7 nitrogen and oxygen atoms in total. The van der Waals surface area contributed by atoms with Crippen LogP contribution in [0.25, 0.3) is 6.08 Å². The maximum absolute atomic E-state index is 14.1. The van der Waals surface area contributed by atoms with Crippen molar-refractivity contribution in [2.75, 3.05) is 29.6 Å². The van der Waals surface area contributed by atoms with Gasteiger partial charge in [0.15, 0.2) is 23.3 Å². The molecule has 3 N–H and O–H groups in total. The van der Waals surface area contributed by atoms with E-state index in [4.69, 9.17) is 0 Å². The molecule has 12 heteroatoms. The predicted molar refractivity (Wildman–Crippen MR) is 173 cm³/mol. The Morgan fingerprint density at radius 1 is 0.826 bits per heavy atom. The normalized spacial score (nSPS) is 11.8. The number of amides is 3. The van der Waals surface area contributed by atoms with E-state index >= 15 is 0 Å². The highest BCUT2D eigenvalue weighted by Crippen LogP contribution is 2.30. The van der Waals surface area contributed by atoms with E-state index in [0.29, 0.717) is 21.7 Å². The Labute approximate surface area is 267 Å². The third-order valence-electron chi connectivity index (χ3n) is 6.64. The second kappa shape index (κ2) is 15.3. The van der Waals surface area contributed by atoms with Crippen molar-refractivity contribution in [1.29, 1.82) is 0 Å². The minimum absolute atomic E-state index is 0.0262. The number of anilines is 3. The van der Waals surface area contributed by atoms with Crippen LogP contribution in [0.1, 0.15) is 29.3 Å². The first-order valence-corrected chi connectivity index (χ1v) is 14.9. The second-order valence-electron chi connectivity index (χ2n) is 10.2. The topological polar surface area (TPSA) is 90.5 Å². The highest BCUT2D eigenvalue weighted by Gasteiger charge is 2.25. The first-order valence-electron chi connectivity index (χ1n) is 14.0. The average Bonchev–Trinajstić information content (AvgIpc) is 3.05. The van der Waals surface area contributed by atoms with Crippen LogP contribution in [-0.4, -0.2) is 37.1 Å². The summed E-state index contributed by atoms with van der Waals surface area (Å²) < 4.78 is 55.5. The molecule has 4 rings (SSSR count). The lowest BCUT2D eigenvalue weighted by atomic mass is 10.1. The van der Waals surface area contributed by atoms with Crippen LogP contribution < -0.4 is 20.9 Å². The Balaban J connectivity index is 1.53. The Morgan fingerprint density at radius 3 is 2.09 bits per heavy atom. The van der Waals surface area contributed by atoms with Gasteiger partial charge in [-0.3, -0.25) is 14.4 Å². The standard InChI is InChI=1S/C34H30F4N4O3S/c1-4-28(34(45)41-31-29(37)25(35)19-26(36)30(31)38)46-24-12-8-11-22(18-24)39-33(44)27(40-32(43)21-9-6-5-7-10-21)17-20-13-15-23(16-14-20)42(2)3/h5-19,28H,4H2,1-3H3,(H,39,44)(H,40,43)(H,41,45)/b27-17+. The van der Waals surface area contributed by atoms with Gasteiger partial charge in [-0.05, 0) is 60.5 Å². The van der Waals surface area contributed by atoms with E-state index in [9.17, 15) is 31.9 Å². The molecule has 0 spiro atoms.